The minimum Gasteiger partial charge on any atom is -0.457 e. The number of nitrogens with zero attached hydrogens (tertiary/aromatic N) is 2. The van der Waals surface area contributed by atoms with Crippen LogP contribution in [0.15, 0.2) is 75.8 Å². The van der Waals surface area contributed by atoms with Crippen molar-refractivity contribution < 1.29 is 14.3 Å². The molecule has 2 aliphatic heterocycles. The Morgan fingerprint density at radius 2 is 1.87 bits per heavy atom. The van der Waals surface area contributed by atoms with Crippen LogP contribution in [-0.2, 0) is 20.9 Å². The zero-order chi connectivity index (χ0) is 22.0. The minimum atomic E-state index is -0.539. The van der Waals surface area contributed by atoms with Gasteiger partial charge in [0.2, 0.25) is 5.91 Å². The van der Waals surface area contributed by atoms with E-state index in [0.29, 0.717) is 22.9 Å². The molecule has 0 N–H and O–H groups in total. The molecule has 0 spiro atoms. The maximum Gasteiger partial charge on any atom is 0.338 e. The number of ether oxygens (including phenoxy) is 1. The van der Waals surface area contributed by atoms with E-state index in [0.717, 1.165) is 16.0 Å². The van der Waals surface area contributed by atoms with Gasteiger partial charge in [-0.05, 0) is 42.9 Å². The second kappa shape index (κ2) is 9.32. The van der Waals surface area contributed by atoms with Gasteiger partial charge in [-0.1, -0.05) is 61.2 Å². The van der Waals surface area contributed by atoms with Gasteiger partial charge in [0.05, 0.1) is 22.6 Å². The Bertz CT molecular complexity index is 1050. The van der Waals surface area contributed by atoms with E-state index in [9.17, 15) is 9.59 Å². The first-order valence-corrected chi connectivity index (χ1v) is 12.3. The van der Waals surface area contributed by atoms with Gasteiger partial charge in [0, 0.05) is 4.90 Å². The predicted molar refractivity (Wildman–Crippen MR) is 126 cm³/mol. The summed E-state index contributed by atoms with van der Waals surface area (Å²) in [7, 11) is 0. The van der Waals surface area contributed by atoms with E-state index in [1.54, 1.807) is 16.7 Å². The van der Waals surface area contributed by atoms with Crippen molar-refractivity contribution in [1.29, 1.82) is 0 Å². The van der Waals surface area contributed by atoms with E-state index in [1.807, 2.05) is 74.7 Å². The summed E-state index contributed by atoms with van der Waals surface area (Å²) in [4.78, 5) is 33.8. The predicted octanol–water partition coefficient (Wildman–Crippen LogP) is 5.19. The average Bonchev–Trinajstić information content (AvgIpc) is 3.12. The van der Waals surface area contributed by atoms with Gasteiger partial charge in [0.1, 0.15) is 6.61 Å². The van der Waals surface area contributed by atoms with Crippen LogP contribution in [0, 0.1) is 0 Å². The van der Waals surface area contributed by atoms with E-state index in [4.69, 9.17) is 4.74 Å². The number of hydrogen-bond acceptors (Lipinski definition) is 6. The Labute approximate surface area is 191 Å². The first kappa shape index (κ1) is 21.7. The molecule has 2 aromatic rings. The van der Waals surface area contributed by atoms with Crippen molar-refractivity contribution in [3.05, 3.63) is 77.0 Å². The topological polar surface area (TPSA) is 59.0 Å². The normalized spacial score (nSPS) is 20.5. The Morgan fingerprint density at radius 3 is 2.52 bits per heavy atom. The Morgan fingerprint density at radius 1 is 1.16 bits per heavy atom. The van der Waals surface area contributed by atoms with E-state index in [1.165, 1.54) is 11.8 Å². The van der Waals surface area contributed by atoms with Crippen molar-refractivity contribution in [2.45, 2.75) is 43.1 Å². The first-order valence-electron chi connectivity index (χ1n) is 10.2. The largest absolute Gasteiger partial charge is 0.457 e. The summed E-state index contributed by atoms with van der Waals surface area (Å²) in [5.41, 5.74) is 2.80. The summed E-state index contributed by atoms with van der Waals surface area (Å²) >= 11 is 3.12. The van der Waals surface area contributed by atoms with Crippen molar-refractivity contribution in [2.24, 2.45) is 4.99 Å². The fourth-order valence-electron chi connectivity index (χ4n) is 3.75. The highest BCUT2D eigenvalue weighted by Crippen LogP contribution is 2.44. The number of thioether (sulfide) groups is 2. The van der Waals surface area contributed by atoms with Crippen LogP contribution in [0.4, 0.5) is 0 Å². The second-order valence-corrected chi connectivity index (χ2v) is 9.40. The van der Waals surface area contributed by atoms with Gasteiger partial charge < -0.3 is 4.74 Å². The molecule has 0 bridgehead atoms. The number of rotatable bonds is 6. The summed E-state index contributed by atoms with van der Waals surface area (Å²) in [5.74, 6) is -0.452. The van der Waals surface area contributed by atoms with Crippen LogP contribution < -0.4 is 0 Å². The Balaban J connectivity index is 1.70. The van der Waals surface area contributed by atoms with Crippen LogP contribution in [0.3, 0.4) is 0 Å². The summed E-state index contributed by atoms with van der Waals surface area (Å²) in [6, 6.07) is 17.0. The highest BCUT2D eigenvalue weighted by atomic mass is 32.2. The number of amidine groups is 1. The van der Waals surface area contributed by atoms with Gasteiger partial charge in [-0.15, -0.1) is 11.8 Å². The lowest BCUT2D eigenvalue weighted by Gasteiger charge is -2.33. The number of hydrogen-bond donors (Lipinski definition) is 0. The molecule has 2 atom stereocenters. The molecule has 4 rings (SSSR count). The molecule has 160 valence electrons. The van der Waals surface area contributed by atoms with Gasteiger partial charge in [0.15, 0.2) is 5.17 Å². The highest BCUT2D eigenvalue weighted by Gasteiger charge is 2.47. The van der Waals surface area contributed by atoms with Crippen molar-refractivity contribution in [3.63, 3.8) is 0 Å². The van der Waals surface area contributed by atoms with Crippen LogP contribution in [0.25, 0.3) is 0 Å². The number of carbonyl (C=O) groups excluding carboxylic acids is 2. The third-order valence-corrected chi connectivity index (χ3v) is 7.45. The fraction of sp³-hybridized carbons (Fsp3) is 0.292. The molecule has 5 nitrogen and oxygen atoms in total. The molecular formula is C24H24N2O3S2. The molecule has 2 aromatic carbocycles. The number of fused-ring (bicyclic) bond motifs is 1. The van der Waals surface area contributed by atoms with Gasteiger partial charge in [-0.3, -0.25) is 9.69 Å². The molecule has 1 saturated heterocycles. The number of carbonyl (C=O) groups is 2. The van der Waals surface area contributed by atoms with E-state index in [2.05, 4.69) is 4.99 Å². The third-order valence-electron chi connectivity index (χ3n) is 5.39. The van der Waals surface area contributed by atoms with Crippen LogP contribution in [0.5, 0.6) is 0 Å². The van der Waals surface area contributed by atoms with E-state index < -0.39 is 12.0 Å². The molecule has 1 amide bonds. The highest BCUT2D eigenvalue weighted by molar-refractivity contribution is 8.15. The van der Waals surface area contributed by atoms with Crippen LogP contribution in [-0.4, -0.2) is 33.4 Å². The molecule has 7 heteroatoms. The molecule has 2 aliphatic rings. The number of benzene rings is 2. The number of allylic oxidation sites excluding steroid dienone is 1. The minimum absolute atomic E-state index is 0.00828. The molecule has 0 aromatic heterocycles. The molecule has 0 unspecified atom stereocenters. The van der Waals surface area contributed by atoms with Gasteiger partial charge in [-0.2, -0.15) is 0 Å². The second-order valence-electron chi connectivity index (χ2n) is 7.35. The summed E-state index contributed by atoms with van der Waals surface area (Å²) in [6.07, 6.45) is 2.73. The lowest BCUT2D eigenvalue weighted by molar-refractivity contribution is -0.141. The third kappa shape index (κ3) is 4.29. The lowest BCUT2D eigenvalue weighted by atomic mass is 9.94. The Kier molecular flexibility index (Phi) is 6.53. The molecular weight excluding hydrogens is 428 g/mol. The van der Waals surface area contributed by atoms with Crippen LogP contribution in [0.1, 0.15) is 37.4 Å². The van der Waals surface area contributed by atoms with Gasteiger partial charge in [0.25, 0.3) is 0 Å². The van der Waals surface area contributed by atoms with Crippen molar-refractivity contribution >= 4 is 40.6 Å². The van der Waals surface area contributed by atoms with E-state index >= 15 is 0 Å². The first-order chi connectivity index (χ1) is 15.0. The quantitative estimate of drug-likeness (QED) is 0.446. The van der Waals surface area contributed by atoms with Crippen LogP contribution >= 0.6 is 23.5 Å². The van der Waals surface area contributed by atoms with Crippen molar-refractivity contribution in [3.8, 4) is 0 Å². The van der Waals surface area contributed by atoms with E-state index in [-0.39, 0.29) is 17.8 Å². The van der Waals surface area contributed by atoms with Crippen molar-refractivity contribution in [2.75, 3.05) is 6.26 Å². The Hall–Kier alpha value is -2.51. The average molecular weight is 453 g/mol. The summed E-state index contributed by atoms with van der Waals surface area (Å²) < 4.78 is 5.66. The lowest BCUT2D eigenvalue weighted by Crippen LogP contribution is -2.40. The molecule has 0 saturated carbocycles. The number of amides is 1. The number of esters is 1. The summed E-state index contributed by atoms with van der Waals surface area (Å²) in [5, 5.41) is 0.479. The number of aliphatic imine (C=N–C) groups is 1. The van der Waals surface area contributed by atoms with Crippen molar-refractivity contribution in [1.82, 2.24) is 4.90 Å². The molecule has 0 radical (unpaired) electrons. The zero-order valence-corrected chi connectivity index (χ0v) is 19.3. The molecule has 1 fully saturated rings. The monoisotopic (exact) mass is 452 g/mol. The standard InChI is InChI=1S/C24H24N2O3S2/c1-4-19-22(27)26-21(17-10-12-18(30-3)13-11-17)20(15(2)25-24(26)31-19)23(28)29-14-16-8-6-5-7-9-16/h5-13,19,21H,4,14H2,1-3H3/t19-,21-/m1/s1. The smallest absolute Gasteiger partial charge is 0.338 e. The zero-order valence-electron chi connectivity index (χ0n) is 17.7. The molecule has 0 aliphatic carbocycles. The fourth-order valence-corrected chi connectivity index (χ4v) is 5.29. The van der Waals surface area contributed by atoms with Gasteiger partial charge in [-0.25, -0.2) is 9.79 Å². The SMILES string of the molecule is CC[C@H]1SC2=NC(C)=C(C(=O)OCc3ccccc3)[C@@H](c3ccc(SC)cc3)N2C1=O. The molecule has 2 heterocycles. The summed E-state index contributed by atoms with van der Waals surface area (Å²) in [6.45, 7) is 3.98. The van der Waals surface area contributed by atoms with Crippen LogP contribution in [0.2, 0.25) is 0 Å². The maximum atomic E-state index is 13.2. The van der Waals surface area contributed by atoms with Gasteiger partial charge >= 0.3 is 5.97 Å². The molecule has 31 heavy (non-hydrogen) atoms. The maximum absolute atomic E-state index is 13.2.